The van der Waals surface area contributed by atoms with Gasteiger partial charge in [0.1, 0.15) is 13.2 Å². The molecular formula is C10H17N3O7. The molecule has 0 aromatic heterocycles. The molecule has 10 heteroatoms. The molecule has 1 amide bonds. The van der Waals surface area contributed by atoms with Gasteiger partial charge in [-0.25, -0.2) is 0 Å². The van der Waals surface area contributed by atoms with Gasteiger partial charge in [-0.3, -0.25) is 4.79 Å². The molecule has 0 rings (SSSR count). The number of allylic oxidation sites excluding steroid dienone is 2. The van der Waals surface area contributed by atoms with Gasteiger partial charge in [0.2, 0.25) is 5.91 Å². The van der Waals surface area contributed by atoms with Crippen LogP contribution >= 0.6 is 0 Å². The van der Waals surface area contributed by atoms with Gasteiger partial charge in [0.15, 0.2) is 0 Å². The highest BCUT2D eigenvalue weighted by Crippen LogP contribution is 1.98. The Morgan fingerprint density at radius 2 is 1.80 bits per heavy atom. The topological polar surface area (TPSA) is 134 Å². The van der Waals surface area contributed by atoms with Gasteiger partial charge in [-0.05, 0) is 19.8 Å². The Morgan fingerprint density at radius 1 is 1.25 bits per heavy atom. The van der Waals surface area contributed by atoms with E-state index in [2.05, 4.69) is 15.0 Å². The zero-order chi connectivity index (χ0) is 15.4. The molecule has 114 valence electrons. The summed E-state index contributed by atoms with van der Waals surface area (Å²) in [5.74, 6) is -0.376. The highest BCUT2D eigenvalue weighted by atomic mass is 17.0. The first-order valence-electron chi connectivity index (χ1n) is 5.90. The van der Waals surface area contributed by atoms with Crippen LogP contribution < -0.4 is 5.32 Å². The first kappa shape index (κ1) is 17.6. The van der Waals surface area contributed by atoms with Crippen molar-refractivity contribution in [3.8, 4) is 0 Å². The van der Waals surface area contributed by atoms with Crippen molar-refractivity contribution in [3.05, 3.63) is 32.4 Å². The summed E-state index contributed by atoms with van der Waals surface area (Å²) in [7, 11) is 0. The monoisotopic (exact) mass is 291 g/mol. The number of nitrogens with zero attached hydrogens (tertiary/aromatic N) is 2. The van der Waals surface area contributed by atoms with Crippen molar-refractivity contribution in [2.45, 2.75) is 32.2 Å². The van der Waals surface area contributed by atoms with E-state index >= 15 is 0 Å². The van der Waals surface area contributed by atoms with Crippen LogP contribution in [-0.4, -0.2) is 35.3 Å². The minimum absolute atomic E-state index is 0.206. The molecule has 0 unspecified atom stereocenters. The molecule has 0 bridgehead atoms. The summed E-state index contributed by atoms with van der Waals surface area (Å²) in [4.78, 5) is 39.8. The Morgan fingerprint density at radius 3 is 2.25 bits per heavy atom. The smallest absolute Gasteiger partial charge is 0.294 e. The predicted molar refractivity (Wildman–Crippen MR) is 66.5 cm³/mol. The number of amides is 1. The number of carbonyl (C=O) groups excluding carboxylic acids is 1. The van der Waals surface area contributed by atoms with E-state index in [1.54, 1.807) is 0 Å². The summed E-state index contributed by atoms with van der Waals surface area (Å²) in [6.07, 6.45) is 5.30. The lowest BCUT2D eigenvalue weighted by molar-refractivity contribution is -0.766. The van der Waals surface area contributed by atoms with E-state index in [9.17, 15) is 25.0 Å². The second-order valence-corrected chi connectivity index (χ2v) is 3.76. The van der Waals surface area contributed by atoms with Crippen molar-refractivity contribution in [2.24, 2.45) is 0 Å². The maximum Gasteiger partial charge on any atom is 0.294 e. The molecule has 0 atom stereocenters. The number of hydrogen-bond acceptors (Lipinski definition) is 7. The van der Waals surface area contributed by atoms with Gasteiger partial charge in [0.05, 0.1) is 6.04 Å². The van der Waals surface area contributed by atoms with Crippen LogP contribution in [0.5, 0.6) is 0 Å². The molecule has 0 aliphatic carbocycles. The molecule has 0 aromatic carbocycles. The predicted octanol–water partition coefficient (Wildman–Crippen LogP) is 0.634. The maximum atomic E-state index is 11.5. The molecule has 0 saturated heterocycles. The van der Waals surface area contributed by atoms with Gasteiger partial charge in [0.25, 0.3) is 10.2 Å². The molecule has 0 heterocycles. The Labute approximate surface area is 114 Å². The summed E-state index contributed by atoms with van der Waals surface area (Å²) in [6.45, 7) is 0.836. The van der Waals surface area contributed by atoms with Crippen molar-refractivity contribution < 1.29 is 24.6 Å². The van der Waals surface area contributed by atoms with Crippen LogP contribution in [0.15, 0.2) is 12.2 Å². The number of rotatable bonds is 11. The van der Waals surface area contributed by atoms with Crippen molar-refractivity contribution in [3.63, 3.8) is 0 Å². The van der Waals surface area contributed by atoms with Crippen LogP contribution in [0.25, 0.3) is 0 Å². The second kappa shape index (κ2) is 10.5. The average Bonchev–Trinajstić information content (AvgIpc) is 2.37. The van der Waals surface area contributed by atoms with Crippen molar-refractivity contribution >= 4 is 5.91 Å². The van der Waals surface area contributed by atoms with E-state index in [0.717, 1.165) is 6.42 Å². The Kier molecular flexibility index (Phi) is 9.27. The van der Waals surface area contributed by atoms with Gasteiger partial charge in [0, 0.05) is 6.42 Å². The first-order chi connectivity index (χ1) is 9.45. The van der Waals surface area contributed by atoms with Crippen molar-refractivity contribution in [2.75, 3.05) is 13.2 Å². The molecule has 0 aliphatic rings. The number of unbranched alkanes of at least 4 members (excludes halogenated alkanes) is 1. The first-order valence-corrected chi connectivity index (χ1v) is 5.90. The summed E-state index contributed by atoms with van der Waals surface area (Å²) >= 11 is 0. The van der Waals surface area contributed by atoms with E-state index in [0.29, 0.717) is 6.42 Å². The summed E-state index contributed by atoms with van der Waals surface area (Å²) in [6, 6.07) is -0.958. The third-order valence-electron chi connectivity index (χ3n) is 2.14. The van der Waals surface area contributed by atoms with Gasteiger partial charge < -0.3 is 15.0 Å². The Hall–Kier alpha value is -2.39. The minimum Gasteiger partial charge on any atom is -0.349 e. The minimum atomic E-state index is -1.04. The molecule has 0 aromatic rings. The lowest BCUT2D eigenvalue weighted by Crippen LogP contribution is -2.42. The van der Waals surface area contributed by atoms with Crippen LogP contribution in [0.1, 0.15) is 26.2 Å². The zero-order valence-corrected chi connectivity index (χ0v) is 11.0. The molecule has 0 saturated carbocycles. The fourth-order valence-electron chi connectivity index (χ4n) is 1.28. The number of nitrogens with one attached hydrogen (secondary N) is 1. The highest BCUT2D eigenvalue weighted by Gasteiger charge is 2.16. The van der Waals surface area contributed by atoms with Crippen LogP contribution in [0.3, 0.4) is 0 Å². The third kappa shape index (κ3) is 10.7. The lowest BCUT2D eigenvalue weighted by Gasteiger charge is -2.16. The van der Waals surface area contributed by atoms with E-state index in [-0.39, 0.29) is 12.3 Å². The highest BCUT2D eigenvalue weighted by molar-refractivity contribution is 5.76. The molecular weight excluding hydrogens is 274 g/mol. The average molecular weight is 291 g/mol. The van der Waals surface area contributed by atoms with Crippen LogP contribution in [0.4, 0.5) is 0 Å². The zero-order valence-electron chi connectivity index (χ0n) is 11.0. The van der Waals surface area contributed by atoms with E-state index in [4.69, 9.17) is 0 Å². The second-order valence-electron chi connectivity index (χ2n) is 3.76. The number of hydrogen-bond donors (Lipinski definition) is 1. The Bertz CT molecular complexity index is 341. The van der Waals surface area contributed by atoms with Crippen LogP contribution in [-0.2, 0) is 14.5 Å². The fraction of sp³-hybridized carbons (Fsp3) is 0.700. The number of carbonyl (C=O) groups is 1. The maximum absolute atomic E-state index is 11.5. The van der Waals surface area contributed by atoms with Gasteiger partial charge >= 0.3 is 0 Å². The molecule has 0 aliphatic heterocycles. The molecule has 1 N–H and O–H groups in total. The van der Waals surface area contributed by atoms with Gasteiger partial charge in [-0.1, -0.05) is 12.2 Å². The van der Waals surface area contributed by atoms with E-state index in [1.165, 1.54) is 0 Å². The van der Waals surface area contributed by atoms with E-state index in [1.807, 2.05) is 19.1 Å². The normalized spacial score (nSPS) is 10.5. The fourth-order valence-corrected chi connectivity index (χ4v) is 1.28. The summed E-state index contributed by atoms with van der Waals surface area (Å²) in [5.41, 5.74) is 0. The van der Waals surface area contributed by atoms with Crippen LogP contribution in [0, 0.1) is 20.2 Å². The molecule has 0 spiro atoms. The SMILES string of the molecule is CC=CCCCC(=O)NC(CO[N+](=O)[O-])CO[N+](=O)[O-]. The molecule has 0 fully saturated rings. The largest absolute Gasteiger partial charge is 0.349 e. The molecule has 0 radical (unpaired) electrons. The summed E-state index contributed by atoms with van der Waals surface area (Å²) < 4.78 is 0. The lowest BCUT2D eigenvalue weighted by atomic mass is 10.2. The summed E-state index contributed by atoms with van der Waals surface area (Å²) in [5, 5.41) is 20.4. The van der Waals surface area contributed by atoms with Gasteiger partial charge in [-0.2, -0.15) is 0 Å². The van der Waals surface area contributed by atoms with E-state index < -0.39 is 29.4 Å². The Balaban J connectivity index is 4.13. The molecule has 10 nitrogen and oxygen atoms in total. The molecule has 20 heavy (non-hydrogen) atoms. The van der Waals surface area contributed by atoms with Crippen molar-refractivity contribution in [1.29, 1.82) is 0 Å². The van der Waals surface area contributed by atoms with Gasteiger partial charge in [-0.15, -0.1) is 20.2 Å². The standard InChI is InChI=1S/C10H17N3O7/c1-2-3-4-5-6-10(14)11-9(7-19-12(15)16)8-20-13(17)18/h2-3,9H,4-8H2,1H3,(H,11,14). The van der Waals surface area contributed by atoms with Crippen molar-refractivity contribution in [1.82, 2.24) is 5.32 Å². The third-order valence-corrected chi connectivity index (χ3v) is 2.14. The van der Waals surface area contributed by atoms with Crippen LogP contribution in [0.2, 0.25) is 0 Å². The quantitative estimate of drug-likeness (QED) is 0.255.